The molecule has 5 nitrogen and oxygen atoms in total. The number of aromatic amines is 1. The van der Waals surface area contributed by atoms with Gasteiger partial charge in [0.25, 0.3) is 5.91 Å². The number of nitrogens with one attached hydrogen (secondary N) is 2. The van der Waals surface area contributed by atoms with E-state index < -0.39 is 5.41 Å². The molecule has 30 heavy (non-hydrogen) atoms. The fourth-order valence-electron chi connectivity index (χ4n) is 5.13. The molecular formula is C24H26BN3O2. The summed E-state index contributed by atoms with van der Waals surface area (Å²) in [5.74, 6) is 0.0987. The number of aromatic nitrogens is 1. The van der Waals surface area contributed by atoms with Crippen LogP contribution in [0.5, 0.6) is 0 Å². The van der Waals surface area contributed by atoms with Gasteiger partial charge in [0.1, 0.15) is 13.5 Å². The summed E-state index contributed by atoms with van der Waals surface area (Å²) >= 11 is 0. The first-order chi connectivity index (χ1) is 14.3. The number of benzene rings is 2. The van der Waals surface area contributed by atoms with E-state index in [1.165, 1.54) is 11.1 Å². The van der Waals surface area contributed by atoms with Crippen molar-refractivity contribution in [3.63, 3.8) is 0 Å². The van der Waals surface area contributed by atoms with Gasteiger partial charge in [-0.05, 0) is 61.9 Å². The lowest BCUT2D eigenvalue weighted by Crippen LogP contribution is -2.48. The molecule has 2 aliphatic heterocycles. The topological polar surface area (TPSA) is 65.2 Å². The van der Waals surface area contributed by atoms with Gasteiger partial charge in [-0.2, -0.15) is 0 Å². The zero-order chi connectivity index (χ0) is 21.2. The second kappa shape index (κ2) is 6.49. The average molecular weight is 399 g/mol. The summed E-state index contributed by atoms with van der Waals surface area (Å²) in [6.07, 6.45) is 1.30. The minimum absolute atomic E-state index is 0.0264. The predicted molar refractivity (Wildman–Crippen MR) is 123 cm³/mol. The van der Waals surface area contributed by atoms with E-state index in [-0.39, 0.29) is 11.8 Å². The summed E-state index contributed by atoms with van der Waals surface area (Å²) < 4.78 is 0. The maximum absolute atomic E-state index is 13.4. The highest BCUT2D eigenvalue weighted by Crippen LogP contribution is 2.44. The summed E-state index contributed by atoms with van der Waals surface area (Å²) in [6, 6.07) is 10.3. The van der Waals surface area contributed by atoms with Gasteiger partial charge < -0.3 is 15.2 Å². The van der Waals surface area contributed by atoms with Crippen molar-refractivity contribution in [2.45, 2.75) is 39.0 Å². The Kier molecular flexibility index (Phi) is 4.11. The number of hydrogen-bond donors (Lipinski definition) is 2. The quantitative estimate of drug-likeness (QED) is 0.618. The van der Waals surface area contributed by atoms with Crippen LogP contribution in [0.1, 0.15) is 45.6 Å². The molecule has 1 fully saturated rings. The molecule has 3 heterocycles. The Bertz CT molecular complexity index is 1220. The second-order valence-electron chi connectivity index (χ2n) is 8.93. The second-order valence-corrected chi connectivity index (χ2v) is 8.93. The van der Waals surface area contributed by atoms with Crippen LogP contribution >= 0.6 is 0 Å². The van der Waals surface area contributed by atoms with Crippen molar-refractivity contribution in [1.82, 2.24) is 9.88 Å². The number of carbonyl (C=O) groups excluding carboxylic acids is 2. The molecule has 3 aromatic rings. The summed E-state index contributed by atoms with van der Waals surface area (Å²) in [5.41, 5.74) is 7.76. The number of rotatable bonds is 1. The van der Waals surface area contributed by atoms with Crippen LogP contribution in [0.3, 0.4) is 0 Å². The van der Waals surface area contributed by atoms with E-state index in [0.29, 0.717) is 31.6 Å². The number of likely N-dealkylation sites (tertiary alicyclic amines) is 1. The van der Waals surface area contributed by atoms with Gasteiger partial charge in [-0.3, -0.25) is 9.59 Å². The number of amides is 2. The summed E-state index contributed by atoms with van der Waals surface area (Å²) in [4.78, 5) is 31.5. The van der Waals surface area contributed by atoms with Gasteiger partial charge in [0.2, 0.25) is 5.91 Å². The van der Waals surface area contributed by atoms with Crippen molar-refractivity contribution in [3.8, 4) is 0 Å². The molecule has 0 aliphatic carbocycles. The third-order valence-electron chi connectivity index (χ3n) is 7.26. The van der Waals surface area contributed by atoms with Gasteiger partial charge in [-0.1, -0.05) is 29.7 Å². The average Bonchev–Trinajstić information content (AvgIpc) is 3.20. The van der Waals surface area contributed by atoms with Gasteiger partial charge in [0.05, 0.1) is 5.41 Å². The Morgan fingerprint density at radius 1 is 1.07 bits per heavy atom. The minimum atomic E-state index is -0.513. The van der Waals surface area contributed by atoms with E-state index in [1.807, 2.05) is 24.0 Å². The van der Waals surface area contributed by atoms with Crippen molar-refractivity contribution >= 4 is 41.7 Å². The highest BCUT2D eigenvalue weighted by molar-refractivity contribution is 6.32. The largest absolute Gasteiger partial charge is 0.350 e. The van der Waals surface area contributed by atoms with Crippen molar-refractivity contribution in [2.24, 2.45) is 0 Å². The molecule has 0 unspecified atom stereocenters. The molecule has 152 valence electrons. The van der Waals surface area contributed by atoms with Crippen LogP contribution in [0, 0.1) is 20.8 Å². The van der Waals surface area contributed by atoms with Crippen LogP contribution in [0.25, 0.3) is 10.9 Å². The van der Waals surface area contributed by atoms with E-state index in [2.05, 4.69) is 50.2 Å². The number of H-pyrrole nitrogens is 1. The van der Waals surface area contributed by atoms with Gasteiger partial charge >= 0.3 is 0 Å². The van der Waals surface area contributed by atoms with Crippen molar-refractivity contribution in [2.75, 3.05) is 18.4 Å². The molecule has 6 heteroatoms. The number of anilines is 1. The molecule has 0 radical (unpaired) electrons. The van der Waals surface area contributed by atoms with E-state index >= 15 is 0 Å². The molecule has 0 saturated carbocycles. The fraction of sp³-hybridized carbons (Fsp3) is 0.333. The highest BCUT2D eigenvalue weighted by Gasteiger charge is 2.49. The lowest BCUT2D eigenvalue weighted by Gasteiger charge is -2.38. The van der Waals surface area contributed by atoms with Crippen molar-refractivity contribution in [1.29, 1.82) is 0 Å². The number of carbonyl (C=O) groups is 2. The molecule has 2 aromatic carbocycles. The summed E-state index contributed by atoms with van der Waals surface area (Å²) in [7, 11) is 2.05. The van der Waals surface area contributed by atoms with E-state index in [0.717, 1.165) is 33.2 Å². The number of piperidine rings is 1. The van der Waals surface area contributed by atoms with Crippen LogP contribution < -0.4 is 10.8 Å². The van der Waals surface area contributed by atoms with Gasteiger partial charge in [0.15, 0.2) is 0 Å². The standard InChI is InChI=1S/C24H26BN3O2/c1-13-4-6-17-15(3)21(27-20(17)14(13)2)22(29)28-10-8-24(9-11-28)18-12-16(25)5-7-19(18)26-23(24)30/h4-7,12,27H,8-11,25H2,1-3H3,(H,26,30). The van der Waals surface area contributed by atoms with E-state index in [4.69, 9.17) is 0 Å². The van der Waals surface area contributed by atoms with Gasteiger partial charge in [0, 0.05) is 29.7 Å². The minimum Gasteiger partial charge on any atom is -0.350 e. The van der Waals surface area contributed by atoms with Crippen molar-refractivity contribution in [3.05, 3.63) is 58.3 Å². The normalized spacial score (nSPS) is 17.4. The lowest BCUT2D eigenvalue weighted by molar-refractivity contribution is -0.122. The molecule has 1 aromatic heterocycles. The maximum Gasteiger partial charge on any atom is 0.270 e. The van der Waals surface area contributed by atoms with Gasteiger partial charge in [-0.15, -0.1) is 0 Å². The number of nitrogens with zero attached hydrogens (tertiary/aromatic N) is 1. The fourth-order valence-corrected chi connectivity index (χ4v) is 5.13. The Labute approximate surface area is 177 Å². The molecule has 2 N–H and O–H groups in total. The SMILES string of the molecule is Bc1ccc2c(c1)C1(CCN(C(=O)c3[nH]c4c(C)c(C)ccc4c3C)CC1)C(=O)N2. The predicted octanol–water partition coefficient (Wildman–Crippen LogP) is 2.48. The monoisotopic (exact) mass is 399 g/mol. The third kappa shape index (κ3) is 2.56. The van der Waals surface area contributed by atoms with Crippen LogP contribution in [0.2, 0.25) is 0 Å². The number of fused-ring (bicyclic) bond motifs is 3. The Balaban J connectivity index is 1.43. The number of aryl methyl sites for hydroxylation is 3. The summed E-state index contributed by atoms with van der Waals surface area (Å²) in [5, 5.41) is 4.16. The Morgan fingerprint density at radius 3 is 2.53 bits per heavy atom. The lowest BCUT2D eigenvalue weighted by atomic mass is 9.72. The molecule has 2 aliphatic rings. The molecule has 1 spiro atoms. The first kappa shape index (κ1) is 19.0. The molecule has 2 amide bonds. The van der Waals surface area contributed by atoms with Crippen LogP contribution in [-0.2, 0) is 10.2 Å². The molecule has 5 rings (SSSR count). The van der Waals surface area contributed by atoms with E-state index in [1.54, 1.807) is 0 Å². The summed E-state index contributed by atoms with van der Waals surface area (Å²) in [6.45, 7) is 7.34. The van der Waals surface area contributed by atoms with E-state index in [9.17, 15) is 9.59 Å². The first-order valence-electron chi connectivity index (χ1n) is 10.6. The van der Waals surface area contributed by atoms with Crippen LogP contribution in [-0.4, -0.2) is 42.6 Å². The third-order valence-corrected chi connectivity index (χ3v) is 7.26. The van der Waals surface area contributed by atoms with Crippen molar-refractivity contribution < 1.29 is 9.59 Å². The molecule has 1 saturated heterocycles. The van der Waals surface area contributed by atoms with Gasteiger partial charge in [-0.25, -0.2) is 0 Å². The zero-order valence-electron chi connectivity index (χ0n) is 18.0. The Hall–Kier alpha value is -3.02. The zero-order valence-corrected chi connectivity index (χ0v) is 18.0. The molecule has 0 bridgehead atoms. The van der Waals surface area contributed by atoms with Crippen LogP contribution in [0.15, 0.2) is 30.3 Å². The maximum atomic E-state index is 13.4. The van der Waals surface area contributed by atoms with Crippen LogP contribution in [0.4, 0.5) is 5.69 Å². The Morgan fingerprint density at radius 2 is 1.80 bits per heavy atom. The smallest absolute Gasteiger partial charge is 0.270 e. The molecule has 0 atom stereocenters. The number of hydrogen-bond acceptors (Lipinski definition) is 2. The molecular weight excluding hydrogens is 373 g/mol. The first-order valence-corrected chi connectivity index (χ1v) is 10.6. The highest BCUT2D eigenvalue weighted by atomic mass is 16.2.